The van der Waals surface area contributed by atoms with E-state index in [1.807, 2.05) is 56.3 Å². The van der Waals surface area contributed by atoms with Crippen molar-refractivity contribution >= 4 is 27.5 Å². The molecule has 0 radical (unpaired) electrons. The van der Waals surface area contributed by atoms with Gasteiger partial charge in [-0.1, -0.05) is 67.1 Å². The molecule has 1 atom stereocenters. The van der Waals surface area contributed by atoms with Gasteiger partial charge < -0.3 is 19.7 Å². The highest BCUT2D eigenvalue weighted by Gasteiger charge is 2.34. The van der Waals surface area contributed by atoms with Crippen LogP contribution in [-0.2, 0) is 32.6 Å². The van der Waals surface area contributed by atoms with Gasteiger partial charge in [-0.2, -0.15) is 0 Å². The third kappa shape index (κ3) is 8.66. The lowest BCUT2D eigenvalue weighted by molar-refractivity contribution is -0.140. The first-order valence-corrected chi connectivity index (χ1v) is 16.6. The van der Waals surface area contributed by atoms with Crippen LogP contribution in [0, 0.1) is 6.92 Å². The first kappa shape index (κ1) is 34.1. The molecule has 0 saturated carbocycles. The van der Waals surface area contributed by atoms with E-state index >= 15 is 0 Å². The molecule has 0 aliphatic heterocycles. The van der Waals surface area contributed by atoms with Crippen LogP contribution in [0.4, 0.5) is 5.69 Å². The Labute approximate surface area is 271 Å². The van der Waals surface area contributed by atoms with Gasteiger partial charge in [-0.3, -0.25) is 13.9 Å². The summed E-state index contributed by atoms with van der Waals surface area (Å²) in [6.45, 7) is 3.81. The topological polar surface area (TPSA) is 105 Å². The van der Waals surface area contributed by atoms with Gasteiger partial charge >= 0.3 is 0 Å². The van der Waals surface area contributed by atoms with Crippen molar-refractivity contribution in [1.29, 1.82) is 0 Å². The van der Waals surface area contributed by atoms with E-state index in [0.717, 1.165) is 27.4 Å². The number of rotatable bonds is 15. The number of nitrogens with one attached hydrogen (secondary N) is 1. The Kier molecular flexibility index (Phi) is 11.8. The molecule has 0 saturated heterocycles. The molecule has 0 spiro atoms. The molecule has 46 heavy (non-hydrogen) atoms. The molecule has 4 rings (SSSR count). The number of ether oxygens (including phenoxy) is 2. The zero-order chi connectivity index (χ0) is 33.1. The molecule has 9 nitrogen and oxygen atoms in total. The smallest absolute Gasteiger partial charge is 0.264 e. The molecular weight excluding hydrogens is 602 g/mol. The number of hydrogen-bond donors (Lipinski definition) is 1. The first-order chi connectivity index (χ1) is 22.2. The lowest BCUT2D eigenvalue weighted by Crippen LogP contribution is -2.53. The van der Waals surface area contributed by atoms with Gasteiger partial charge in [0, 0.05) is 19.5 Å². The quantitative estimate of drug-likeness (QED) is 0.187. The van der Waals surface area contributed by atoms with E-state index in [2.05, 4.69) is 5.32 Å². The summed E-state index contributed by atoms with van der Waals surface area (Å²) in [4.78, 5) is 29.8. The second-order valence-electron chi connectivity index (χ2n) is 10.9. The molecule has 0 aromatic heterocycles. The van der Waals surface area contributed by atoms with Gasteiger partial charge in [0.15, 0.2) is 0 Å². The lowest BCUT2D eigenvalue weighted by atomic mass is 10.0. The van der Waals surface area contributed by atoms with Crippen LogP contribution in [0.5, 0.6) is 11.5 Å². The van der Waals surface area contributed by atoms with Crippen molar-refractivity contribution in [2.45, 2.75) is 44.2 Å². The third-order valence-electron chi connectivity index (χ3n) is 7.56. The largest absolute Gasteiger partial charge is 0.497 e. The maximum atomic E-state index is 14.5. The van der Waals surface area contributed by atoms with Crippen LogP contribution >= 0.6 is 0 Å². The number of methoxy groups -OCH3 is 2. The highest BCUT2D eigenvalue weighted by atomic mass is 32.2. The standard InChI is InChI=1S/C36H41N3O6S/c1-5-22-37-36(41)34(24-28-10-7-6-8-11-28)38(25-29-12-9-13-32(23-29)45-4)35(40)26-39(30-16-14-27(2)15-17-30)46(42,43)33-20-18-31(44-3)19-21-33/h6-21,23,34H,5,22,24-26H2,1-4H3,(H,37,41)/t34-/m1/s1. The van der Waals surface area contributed by atoms with Gasteiger partial charge in [-0.05, 0) is 73.0 Å². The predicted octanol–water partition coefficient (Wildman–Crippen LogP) is 5.37. The zero-order valence-electron chi connectivity index (χ0n) is 26.7. The number of benzene rings is 4. The van der Waals surface area contributed by atoms with Crippen LogP contribution in [0.1, 0.15) is 30.0 Å². The Morgan fingerprint density at radius 1 is 0.804 bits per heavy atom. The van der Waals surface area contributed by atoms with Crippen molar-refractivity contribution in [2.24, 2.45) is 0 Å². The van der Waals surface area contributed by atoms with Crippen LogP contribution in [-0.4, -0.2) is 58.5 Å². The molecule has 2 amide bonds. The van der Waals surface area contributed by atoms with Crippen molar-refractivity contribution < 1.29 is 27.5 Å². The maximum absolute atomic E-state index is 14.5. The Bertz CT molecular complexity index is 1690. The Morgan fingerprint density at radius 3 is 2.09 bits per heavy atom. The zero-order valence-corrected chi connectivity index (χ0v) is 27.5. The molecule has 4 aromatic rings. The average molecular weight is 644 g/mol. The normalized spacial score (nSPS) is 11.7. The fourth-order valence-electron chi connectivity index (χ4n) is 5.00. The summed E-state index contributed by atoms with van der Waals surface area (Å²) in [5.41, 5.74) is 2.86. The number of aryl methyl sites for hydroxylation is 1. The average Bonchev–Trinajstić information content (AvgIpc) is 3.08. The van der Waals surface area contributed by atoms with Gasteiger partial charge in [0.05, 0.1) is 24.8 Å². The summed E-state index contributed by atoms with van der Waals surface area (Å²) in [7, 11) is -1.16. The minimum absolute atomic E-state index is 0.00236. The minimum Gasteiger partial charge on any atom is -0.497 e. The monoisotopic (exact) mass is 643 g/mol. The molecule has 0 bridgehead atoms. The number of amides is 2. The number of hydrogen-bond acceptors (Lipinski definition) is 6. The first-order valence-electron chi connectivity index (χ1n) is 15.1. The molecule has 0 aliphatic carbocycles. The highest BCUT2D eigenvalue weighted by molar-refractivity contribution is 7.92. The molecule has 10 heteroatoms. The lowest BCUT2D eigenvalue weighted by Gasteiger charge is -2.34. The van der Waals surface area contributed by atoms with Crippen molar-refractivity contribution in [3.8, 4) is 11.5 Å². The summed E-state index contributed by atoms with van der Waals surface area (Å²) in [5, 5.41) is 2.95. The Hall–Kier alpha value is -4.83. The number of carbonyl (C=O) groups is 2. The van der Waals surface area contributed by atoms with Crippen molar-refractivity contribution in [2.75, 3.05) is 31.6 Å². The van der Waals surface area contributed by atoms with E-state index in [9.17, 15) is 18.0 Å². The SMILES string of the molecule is CCCNC(=O)[C@@H](Cc1ccccc1)N(Cc1cccc(OC)c1)C(=O)CN(c1ccc(C)cc1)S(=O)(=O)c1ccc(OC)cc1. The molecule has 1 N–H and O–H groups in total. The van der Waals surface area contributed by atoms with Crippen molar-refractivity contribution in [3.63, 3.8) is 0 Å². The van der Waals surface area contributed by atoms with E-state index in [1.54, 1.807) is 55.6 Å². The van der Waals surface area contributed by atoms with E-state index in [1.165, 1.54) is 24.1 Å². The van der Waals surface area contributed by atoms with Gasteiger partial charge in [-0.15, -0.1) is 0 Å². The summed E-state index contributed by atoms with van der Waals surface area (Å²) in [5.74, 6) is 0.251. The van der Waals surface area contributed by atoms with Gasteiger partial charge in [0.2, 0.25) is 11.8 Å². The van der Waals surface area contributed by atoms with Crippen LogP contribution in [0.3, 0.4) is 0 Å². The van der Waals surface area contributed by atoms with Gasteiger partial charge in [0.1, 0.15) is 24.1 Å². The second-order valence-corrected chi connectivity index (χ2v) is 12.8. The summed E-state index contributed by atoms with van der Waals surface area (Å²) < 4.78 is 40.1. The van der Waals surface area contributed by atoms with Crippen LogP contribution in [0.25, 0.3) is 0 Å². The fourth-order valence-corrected chi connectivity index (χ4v) is 6.42. The maximum Gasteiger partial charge on any atom is 0.264 e. The number of sulfonamides is 1. The van der Waals surface area contributed by atoms with Crippen molar-refractivity contribution in [3.05, 3.63) is 120 Å². The molecule has 4 aromatic carbocycles. The number of anilines is 1. The van der Waals surface area contributed by atoms with E-state index in [4.69, 9.17) is 9.47 Å². The molecule has 0 aliphatic rings. The Morgan fingerprint density at radius 2 is 1.46 bits per heavy atom. The van der Waals surface area contributed by atoms with E-state index < -0.39 is 28.5 Å². The molecule has 0 heterocycles. The molecule has 0 unspecified atom stereocenters. The van der Waals surface area contributed by atoms with Gasteiger partial charge in [-0.25, -0.2) is 8.42 Å². The van der Waals surface area contributed by atoms with Crippen LogP contribution in [0.15, 0.2) is 108 Å². The second kappa shape index (κ2) is 15.9. The third-order valence-corrected chi connectivity index (χ3v) is 9.34. The highest BCUT2D eigenvalue weighted by Crippen LogP contribution is 2.27. The Balaban J connectivity index is 1.80. The summed E-state index contributed by atoms with van der Waals surface area (Å²) in [6.07, 6.45) is 0.955. The molecular formula is C36H41N3O6S. The van der Waals surface area contributed by atoms with Crippen molar-refractivity contribution in [1.82, 2.24) is 10.2 Å². The van der Waals surface area contributed by atoms with Crippen LogP contribution < -0.4 is 19.1 Å². The molecule has 0 fully saturated rings. The summed E-state index contributed by atoms with van der Waals surface area (Å²) in [6, 6.07) is 28.7. The van der Waals surface area contributed by atoms with E-state index in [0.29, 0.717) is 23.7 Å². The minimum atomic E-state index is -4.21. The van der Waals surface area contributed by atoms with E-state index in [-0.39, 0.29) is 23.8 Å². The summed E-state index contributed by atoms with van der Waals surface area (Å²) >= 11 is 0. The number of nitrogens with zero attached hydrogens (tertiary/aromatic N) is 2. The predicted molar refractivity (Wildman–Crippen MR) is 179 cm³/mol. The fraction of sp³-hybridized carbons (Fsp3) is 0.278. The number of carbonyl (C=O) groups excluding carboxylic acids is 2. The van der Waals surface area contributed by atoms with Crippen LogP contribution in [0.2, 0.25) is 0 Å². The van der Waals surface area contributed by atoms with Gasteiger partial charge in [0.25, 0.3) is 10.0 Å². The molecule has 242 valence electrons.